The summed E-state index contributed by atoms with van der Waals surface area (Å²) in [5.74, 6) is 0.707. The van der Waals surface area contributed by atoms with Crippen molar-refractivity contribution in [1.29, 1.82) is 0 Å². The number of hydrogen-bond acceptors (Lipinski definition) is 2. The van der Waals surface area contributed by atoms with Gasteiger partial charge in [0.15, 0.2) is 0 Å². The summed E-state index contributed by atoms with van der Waals surface area (Å²) in [4.78, 5) is 0. The minimum absolute atomic E-state index is 0.0655. The Kier molecular flexibility index (Phi) is 8.72. The van der Waals surface area contributed by atoms with Gasteiger partial charge in [-0.3, -0.25) is 0 Å². The van der Waals surface area contributed by atoms with Crippen molar-refractivity contribution in [3.05, 3.63) is 0 Å². The molecule has 102 valence electrons. The second-order valence-electron chi connectivity index (χ2n) is 5.50. The van der Waals surface area contributed by atoms with Crippen LogP contribution in [-0.4, -0.2) is 24.4 Å². The summed E-state index contributed by atoms with van der Waals surface area (Å²) >= 11 is 0. The van der Waals surface area contributed by atoms with E-state index < -0.39 is 0 Å². The molecule has 1 atom stereocenters. The molecule has 0 aromatic carbocycles. The molecular weight excluding hydrogens is 212 g/mol. The molecular formula is C15H30O2. The maximum atomic E-state index is 9.96. The number of ether oxygens (including phenoxy) is 1. The molecule has 0 amide bonds. The average molecular weight is 242 g/mol. The van der Waals surface area contributed by atoms with Gasteiger partial charge in [-0.05, 0) is 31.6 Å². The number of unbranched alkanes of at least 4 members (excludes halogenated alkanes) is 5. The van der Waals surface area contributed by atoms with E-state index in [-0.39, 0.29) is 6.10 Å². The number of aliphatic hydroxyl groups excluding tert-OH is 1. The van der Waals surface area contributed by atoms with E-state index in [2.05, 4.69) is 6.92 Å². The largest absolute Gasteiger partial charge is 0.393 e. The maximum absolute atomic E-state index is 9.96. The summed E-state index contributed by atoms with van der Waals surface area (Å²) in [5, 5.41) is 9.96. The topological polar surface area (TPSA) is 29.5 Å². The Labute approximate surface area is 107 Å². The Bertz CT molecular complexity index is 164. The molecule has 0 saturated carbocycles. The summed E-state index contributed by atoms with van der Waals surface area (Å²) in [6.07, 6.45) is 12.1. The molecule has 17 heavy (non-hydrogen) atoms. The van der Waals surface area contributed by atoms with Crippen molar-refractivity contribution in [2.24, 2.45) is 5.92 Å². The third-order valence-corrected chi connectivity index (χ3v) is 3.84. The molecule has 0 spiro atoms. The van der Waals surface area contributed by atoms with Gasteiger partial charge in [-0.1, -0.05) is 45.4 Å². The zero-order valence-corrected chi connectivity index (χ0v) is 11.5. The SMILES string of the molecule is CCCCCCCCC(O)CC1CCOCC1. The van der Waals surface area contributed by atoms with Crippen LogP contribution in [0.5, 0.6) is 0 Å². The van der Waals surface area contributed by atoms with Gasteiger partial charge in [0.1, 0.15) is 0 Å². The van der Waals surface area contributed by atoms with Crippen LogP contribution in [0, 0.1) is 5.92 Å². The minimum atomic E-state index is -0.0655. The monoisotopic (exact) mass is 242 g/mol. The standard InChI is InChI=1S/C15H30O2/c1-2-3-4-5-6-7-8-15(16)13-14-9-11-17-12-10-14/h14-16H,2-13H2,1H3. The molecule has 2 nitrogen and oxygen atoms in total. The van der Waals surface area contributed by atoms with E-state index in [1.807, 2.05) is 0 Å². The van der Waals surface area contributed by atoms with Gasteiger partial charge in [0, 0.05) is 13.2 Å². The molecule has 1 N–H and O–H groups in total. The molecule has 2 heteroatoms. The molecule has 0 radical (unpaired) electrons. The fourth-order valence-corrected chi connectivity index (χ4v) is 2.65. The predicted molar refractivity (Wildman–Crippen MR) is 72.2 cm³/mol. The normalized spacial score (nSPS) is 19.4. The van der Waals surface area contributed by atoms with Crippen LogP contribution in [0.15, 0.2) is 0 Å². The highest BCUT2D eigenvalue weighted by atomic mass is 16.5. The lowest BCUT2D eigenvalue weighted by molar-refractivity contribution is 0.0415. The molecule has 0 aromatic heterocycles. The maximum Gasteiger partial charge on any atom is 0.0543 e. The van der Waals surface area contributed by atoms with E-state index in [1.165, 1.54) is 38.5 Å². The van der Waals surface area contributed by atoms with Crippen LogP contribution in [0.1, 0.15) is 71.1 Å². The molecule has 1 rings (SSSR count). The summed E-state index contributed by atoms with van der Waals surface area (Å²) in [7, 11) is 0. The summed E-state index contributed by atoms with van der Waals surface area (Å²) < 4.78 is 5.34. The van der Waals surface area contributed by atoms with Gasteiger partial charge in [0.05, 0.1) is 6.10 Å². The molecule has 0 aliphatic carbocycles. The van der Waals surface area contributed by atoms with E-state index in [0.29, 0.717) is 5.92 Å². The van der Waals surface area contributed by atoms with Gasteiger partial charge in [-0.15, -0.1) is 0 Å². The second kappa shape index (κ2) is 9.90. The van der Waals surface area contributed by atoms with Gasteiger partial charge in [-0.2, -0.15) is 0 Å². The van der Waals surface area contributed by atoms with Crippen LogP contribution in [0.25, 0.3) is 0 Å². The minimum Gasteiger partial charge on any atom is -0.393 e. The zero-order valence-electron chi connectivity index (χ0n) is 11.5. The van der Waals surface area contributed by atoms with Crippen LogP contribution >= 0.6 is 0 Å². The summed E-state index contributed by atoms with van der Waals surface area (Å²) in [5.41, 5.74) is 0. The number of rotatable bonds is 9. The molecule has 1 heterocycles. The van der Waals surface area contributed by atoms with Crippen LogP contribution in [0.2, 0.25) is 0 Å². The van der Waals surface area contributed by atoms with E-state index in [9.17, 15) is 5.11 Å². The summed E-state index contributed by atoms with van der Waals surface area (Å²) in [6.45, 7) is 4.04. The van der Waals surface area contributed by atoms with Crippen LogP contribution < -0.4 is 0 Å². The Morgan fingerprint density at radius 1 is 1.06 bits per heavy atom. The lowest BCUT2D eigenvalue weighted by Crippen LogP contribution is -2.20. The van der Waals surface area contributed by atoms with E-state index in [0.717, 1.165) is 38.9 Å². The van der Waals surface area contributed by atoms with E-state index in [1.54, 1.807) is 0 Å². The van der Waals surface area contributed by atoms with E-state index in [4.69, 9.17) is 4.74 Å². The molecule has 0 aromatic rings. The van der Waals surface area contributed by atoms with Gasteiger partial charge in [-0.25, -0.2) is 0 Å². The third kappa shape index (κ3) is 7.77. The van der Waals surface area contributed by atoms with Crippen molar-refractivity contribution in [2.75, 3.05) is 13.2 Å². The Morgan fingerprint density at radius 2 is 1.71 bits per heavy atom. The fraction of sp³-hybridized carbons (Fsp3) is 1.00. The van der Waals surface area contributed by atoms with Crippen LogP contribution in [-0.2, 0) is 4.74 Å². The Hall–Kier alpha value is -0.0800. The molecule has 1 unspecified atom stereocenters. The lowest BCUT2D eigenvalue weighted by Gasteiger charge is -2.24. The number of aliphatic hydroxyl groups is 1. The molecule has 1 fully saturated rings. The van der Waals surface area contributed by atoms with Gasteiger partial charge in [0.2, 0.25) is 0 Å². The molecule has 1 saturated heterocycles. The second-order valence-corrected chi connectivity index (χ2v) is 5.50. The lowest BCUT2D eigenvalue weighted by atomic mass is 9.92. The quantitative estimate of drug-likeness (QED) is 0.621. The zero-order chi connectivity index (χ0) is 12.3. The highest BCUT2D eigenvalue weighted by Crippen LogP contribution is 2.22. The van der Waals surface area contributed by atoms with Crippen molar-refractivity contribution in [3.63, 3.8) is 0 Å². The first kappa shape index (κ1) is 15.0. The highest BCUT2D eigenvalue weighted by Gasteiger charge is 2.17. The first-order chi connectivity index (χ1) is 8.33. The first-order valence-electron chi connectivity index (χ1n) is 7.58. The van der Waals surface area contributed by atoms with Crippen molar-refractivity contribution in [3.8, 4) is 0 Å². The smallest absolute Gasteiger partial charge is 0.0543 e. The first-order valence-corrected chi connectivity index (χ1v) is 7.58. The van der Waals surface area contributed by atoms with Gasteiger partial charge in [0.25, 0.3) is 0 Å². The van der Waals surface area contributed by atoms with Gasteiger partial charge < -0.3 is 9.84 Å². The Morgan fingerprint density at radius 3 is 2.41 bits per heavy atom. The van der Waals surface area contributed by atoms with Crippen LogP contribution in [0.4, 0.5) is 0 Å². The molecule has 0 bridgehead atoms. The van der Waals surface area contributed by atoms with Crippen LogP contribution in [0.3, 0.4) is 0 Å². The van der Waals surface area contributed by atoms with Crippen molar-refractivity contribution < 1.29 is 9.84 Å². The Balaban J connectivity index is 1.91. The van der Waals surface area contributed by atoms with Crippen molar-refractivity contribution in [1.82, 2.24) is 0 Å². The van der Waals surface area contributed by atoms with E-state index >= 15 is 0 Å². The fourth-order valence-electron chi connectivity index (χ4n) is 2.65. The predicted octanol–water partition coefficient (Wildman–Crippen LogP) is 3.91. The van der Waals surface area contributed by atoms with Crippen molar-refractivity contribution in [2.45, 2.75) is 77.2 Å². The number of hydrogen-bond donors (Lipinski definition) is 1. The highest BCUT2D eigenvalue weighted by molar-refractivity contribution is 4.68. The average Bonchev–Trinajstić information content (AvgIpc) is 2.35. The van der Waals surface area contributed by atoms with Gasteiger partial charge >= 0.3 is 0 Å². The third-order valence-electron chi connectivity index (χ3n) is 3.84. The molecule has 1 aliphatic rings. The van der Waals surface area contributed by atoms with Crippen molar-refractivity contribution >= 4 is 0 Å². The summed E-state index contributed by atoms with van der Waals surface area (Å²) in [6, 6.07) is 0. The molecule has 1 aliphatic heterocycles.